The van der Waals surface area contributed by atoms with Crippen molar-refractivity contribution in [2.24, 2.45) is 0 Å². The van der Waals surface area contributed by atoms with Gasteiger partial charge in [0, 0.05) is 6.42 Å². The summed E-state index contributed by atoms with van der Waals surface area (Å²) in [5.41, 5.74) is 0. The van der Waals surface area contributed by atoms with Gasteiger partial charge in [0.05, 0.1) is 0 Å². The molecule has 65 valence electrons. The van der Waals surface area contributed by atoms with E-state index in [1.165, 1.54) is 0 Å². The van der Waals surface area contributed by atoms with Crippen LogP contribution in [0.5, 0.6) is 0 Å². The quantitative estimate of drug-likeness (QED) is 0.552. The van der Waals surface area contributed by atoms with E-state index in [2.05, 4.69) is 0 Å². The van der Waals surface area contributed by atoms with Crippen LogP contribution in [-0.2, 0) is 0 Å². The van der Waals surface area contributed by atoms with Crippen LogP contribution in [0.1, 0.15) is 19.3 Å². The highest BCUT2D eigenvalue weighted by Crippen LogP contribution is 2.48. The predicted molar refractivity (Wildman–Crippen MR) is 29.2 cm³/mol. The molecule has 1 aliphatic carbocycles. The summed E-state index contributed by atoms with van der Waals surface area (Å²) in [6.45, 7) is 0. The lowest BCUT2D eigenvalue weighted by molar-refractivity contribution is -0.269. The smallest absolute Gasteiger partial charge is 0.341 e. The molecule has 1 fully saturated rings. The van der Waals surface area contributed by atoms with Crippen LogP contribution in [0.4, 0.5) is 17.6 Å². The molecule has 0 spiro atoms. The van der Waals surface area contributed by atoms with Gasteiger partial charge in [-0.05, 0) is 12.8 Å². The largest absolute Gasteiger partial charge is 0.357 e. The summed E-state index contributed by atoms with van der Waals surface area (Å²) in [4.78, 5) is 0. The fraction of sp³-hybridized carbons (Fsp3) is 0.833. The van der Waals surface area contributed by atoms with E-state index in [1.807, 2.05) is 0 Å². The van der Waals surface area contributed by atoms with Crippen LogP contribution in [0.15, 0.2) is 0 Å². The third kappa shape index (κ3) is 1.21. The first-order valence-corrected chi connectivity index (χ1v) is 3.19. The summed E-state index contributed by atoms with van der Waals surface area (Å²) in [7, 11) is 0. The maximum absolute atomic E-state index is 12.4. The minimum Gasteiger partial charge on any atom is -0.357 e. The molecule has 0 aromatic heterocycles. The lowest BCUT2D eigenvalue weighted by Gasteiger charge is -2.34. The van der Waals surface area contributed by atoms with Crippen molar-refractivity contribution in [1.82, 2.24) is 0 Å². The number of aliphatic hydroxyl groups is 1. The standard InChI is InChI=1S/C6H7F4O/c7-4-2-1-3-5(8,11)6(4,9)10/h11H,1-3H2. The van der Waals surface area contributed by atoms with E-state index in [1.54, 1.807) is 0 Å². The van der Waals surface area contributed by atoms with Gasteiger partial charge in [-0.15, -0.1) is 0 Å². The fourth-order valence-electron chi connectivity index (χ4n) is 1.000. The highest BCUT2D eigenvalue weighted by molar-refractivity contribution is 5.05. The summed E-state index contributed by atoms with van der Waals surface area (Å²) in [5.74, 6) is -8.03. The van der Waals surface area contributed by atoms with Gasteiger partial charge in [-0.1, -0.05) is 0 Å². The number of alkyl halides is 3. The molecule has 0 amide bonds. The number of halogens is 4. The molecule has 0 heterocycles. The predicted octanol–water partition coefficient (Wildman–Crippen LogP) is 1.97. The third-order valence-electron chi connectivity index (χ3n) is 1.73. The van der Waals surface area contributed by atoms with Crippen molar-refractivity contribution in [3.05, 3.63) is 6.17 Å². The summed E-state index contributed by atoms with van der Waals surface area (Å²) in [6.07, 6.45) is -3.05. The van der Waals surface area contributed by atoms with Crippen LogP contribution < -0.4 is 0 Å². The van der Waals surface area contributed by atoms with E-state index in [4.69, 9.17) is 5.11 Å². The first-order chi connectivity index (χ1) is 4.88. The summed E-state index contributed by atoms with van der Waals surface area (Å²) >= 11 is 0. The van der Waals surface area contributed by atoms with E-state index in [-0.39, 0.29) is 6.42 Å². The molecule has 0 aromatic rings. The van der Waals surface area contributed by atoms with Gasteiger partial charge in [0.15, 0.2) is 0 Å². The minimum atomic E-state index is -4.33. The highest BCUT2D eigenvalue weighted by Gasteiger charge is 2.62. The Hall–Kier alpha value is -0.320. The second-order valence-corrected chi connectivity index (χ2v) is 2.59. The van der Waals surface area contributed by atoms with Gasteiger partial charge in [0.2, 0.25) is 6.17 Å². The van der Waals surface area contributed by atoms with Crippen LogP contribution in [0, 0.1) is 6.17 Å². The number of rotatable bonds is 0. The molecule has 1 unspecified atom stereocenters. The Kier molecular flexibility index (Phi) is 1.86. The van der Waals surface area contributed by atoms with Crippen LogP contribution in [0.2, 0.25) is 0 Å². The zero-order valence-corrected chi connectivity index (χ0v) is 5.58. The Morgan fingerprint density at radius 3 is 2.18 bits per heavy atom. The Labute approximate surface area is 61.0 Å². The van der Waals surface area contributed by atoms with Gasteiger partial charge in [-0.2, -0.15) is 8.78 Å². The fourth-order valence-corrected chi connectivity index (χ4v) is 1.000. The SMILES string of the molecule is OC1(F)CCC[C](F)C1(F)F. The molecular weight excluding hydrogens is 164 g/mol. The Morgan fingerprint density at radius 2 is 1.82 bits per heavy atom. The maximum Gasteiger partial charge on any atom is 0.341 e. The summed E-state index contributed by atoms with van der Waals surface area (Å²) < 4.78 is 49.3. The molecule has 0 bridgehead atoms. The van der Waals surface area contributed by atoms with E-state index in [0.29, 0.717) is 0 Å². The molecule has 1 nitrogen and oxygen atoms in total. The average molecular weight is 171 g/mol. The Balaban J connectivity index is 2.82. The lowest BCUT2D eigenvalue weighted by atomic mass is 9.90. The van der Waals surface area contributed by atoms with Crippen molar-refractivity contribution in [2.75, 3.05) is 0 Å². The molecule has 1 N–H and O–H groups in total. The van der Waals surface area contributed by atoms with Crippen molar-refractivity contribution >= 4 is 0 Å². The molecule has 5 heteroatoms. The number of hydrogen-bond acceptors (Lipinski definition) is 1. The molecule has 1 saturated carbocycles. The monoisotopic (exact) mass is 171 g/mol. The second-order valence-electron chi connectivity index (χ2n) is 2.59. The van der Waals surface area contributed by atoms with E-state index < -0.39 is 30.8 Å². The van der Waals surface area contributed by atoms with E-state index in [0.717, 1.165) is 0 Å². The normalized spacial score (nSPS) is 39.0. The molecule has 1 radical (unpaired) electrons. The van der Waals surface area contributed by atoms with E-state index in [9.17, 15) is 17.6 Å². The van der Waals surface area contributed by atoms with Crippen LogP contribution in [0.25, 0.3) is 0 Å². The van der Waals surface area contributed by atoms with Gasteiger partial charge >= 0.3 is 5.92 Å². The minimum absolute atomic E-state index is 0.0889. The van der Waals surface area contributed by atoms with Crippen LogP contribution >= 0.6 is 0 Å². The summed E-state index contributed by atoms with van der Waals surface area (Å²) in [5, 5.41) is 8.40. The highest BCUT2D eigenvalue weighted by atomic mass is 19.3. The topological polar surface area (TPSA) is 20.2 Å². The van der Waals surface area contributed by atoms with Gasteiger partial charge in [0.25, 0.3) is 5.85 Å². The average Bonchev–Trinajstić information content (AvgIpc) is 1.84. The zero-order chi connectivity index (χ0) is 8.70. The molecule has 1 rings (SSSR count). The Morgan fingerprint density at radius 1 is 1.27 bits per heavy atom. The molecule has 1 aliphatic rings. The van der Waals surface area contributed by atoms with Gasteiger partial charge < -0.3 is 5.11 Å². The molecular formula is C6H7F4O. The van der Waals surface area contributed by atoms with Crippen LogP contribution in [0.3, 0.4) is 0 Å². The molecule has 11 heavy (non-hydrogen) atoms. The molecule has 0 saturated heterocycles. The van der Waals surface area contributed by atoms with E-state index >= 15 is 0 Å². The van der Waals surface area contributed by atoms with Gasteiger partial charge in [-0.3, -0.25) is 0 Å². The molecule has 0 aliphatic heterocycles. The molecule has 0 aromatic carbocycles. The first-order valence-electron chi connectivity index (χ1n) is 3.19. The first kappa shape index (κ1) is 8.77. The van der Waals surface area contributed by atoms with Crippen molar-refractivity contribution in [1.29, 1.82) is 0 Å². The van der Waals surface area contributed by atoms with Gasteiger partial charge in [-0.25, -0.2) is 8.78 Å². The van der Waals surface area contributed by atoms with Crippen molar-refractivity contribution < 1.29 is 22.7 Å². The van der Waals surface area contributed by atoms with Crippen molar-refractivity contribution in [2.45, 2.75) is 31.0 Å². The third-order valence-corrected chi connectivity index (χ3v) is 1.73. The zero-order valence-electron chi connectivity index (χ0n) is 5.58. The molecule has 1 atom stereocenters. The van der Waals surface area contributed by atoms with Crippen molar-refractivity contribution in [3.63, 3.8) is 0 Å². The number of hydrogen-bond donors (Lipinski definition) is 1. The van der Waals surface area contributed by atoms with Crippen LogP contribution in [-0.4, -0.2) is 16.9 Å². The second kappa shape index (κ2) is 2.33. The lowest BCUT2D eigenvalue weighted by Crippen LogP contribution is -2.50. The van der Waals surface area contributed by atoms with Gasteiger partial charge in [0.1, 0.15) is 0 Å². The summed E-state index contributed by atoms with van der Waals surface area (Å²) in [6, 6.07) is 0. The Bertz CT molecular complexity index is 157. The maximum atomic E-state index is 12.4. The van der Waals surface area contributed by atoms with Crippen molar-refractivity contribution in [3.8, 4) is 0 Å².